The Balaban J connectivity index is 0.00000150. The number of halogens is 3. The maximum atomic E-state index is 14.0. The number of nitrogens with one attached hydrogen (secondary N) is 3. The molecule has 692 valence electrons. The predicted molar refractivity (Wildman–Crippen MR) is 501 cm³/mol. The summed E-state index contributed by atoms with van der Waals surface area (Å²) in [4.78, 5) is 108. The van der Waals surface area contributed by atoms with Crippen molar-refractivity contribution >= 4 is 89.0 Å². The van der Waals surface area contributed by atoms with Crippen LogP contribution in [0.3, 0.4) is 0 Å². The van der Waals surface area contributed by atoms with Crippen molar-refractivity contribution in [3.05, 3.63) is 142 Å². The van der Waals surface area contributed by atoms with Gasteiger partial charge in [0.25, 0.3) is 0 Å². The summed E-state index contributed by atoms with van der Waals surface area (Å²) < 4.78 is 18.9. The molecule has 122 heavy (non-hydrogen) atoms. The molecule has 2 aliphatic carbocycles. The second kappa shape index (κ2) is 60.6. The van der Waals surface area contributed by atoms with E-state index in [1.165, 1.54) is 28.4 Å². The molecule has 0 bridgehead atoms. The smallest absolute Gasteiger partial charge is 0.337 e. The Morgan fingerprint density at radius 1 is 0.484 bits per heavy atom. The number of methoxy groups -OCH3 is 4. The lowest BCUT2D eigenvalue weighted by molar-refractivity contribution is -0.141. The number of aliphatic carboxylic acids is 1. The number of Topliss-reactive ketones (excluding diaryl/α,β-unsaturated/α-hetero) is 1. The minimum atomic E-state index is -0.691. The van der Waals surface area contributed by atoms with Crippen LogP contribution in [0.4, 0.5) is 0 Å². The quantitative estimate of drug-likeness (QED) is 0.0144. The number of alkyl halides is 2. The molecule has 8 N–H and O–H groups in total. The van der Waals surface area contributed by atoms with Crippen LogP contribution in [0.1, 0.15) is 380 Å². The molecule has 0 aromatic heterocycles. The molecule has 3 aliphatic rings. The number of rotatable bonds is 34. The van der Waals surface area contributed by atoms with Crippen LogP contribution < -0.4 is 27.4 Å². The zero-order valence-corrected chi connectivity index (χ0v) is 81.3. The highest BCUT2D eigenvalue weighted by atomic mass is 35.5. The van der Waals surface area contributed by atoms with E-state index in [9.17, 15) is 43.2 Å². The Labute approximate surface area is 752 Å². The summed E-state index contributed by atoms with van der Waals surface area (Å²) in [5, 5.41) is 18.7. The van der Waals surface area contributed by atoms with E-state index in [-0.39, 0.29) is 112 Å². The standard InChI is InChI=1S/C29H46N2O3.C20H31NO3.C19H30N2O3.C13H19NO2.C10H18O.C7H14O2.CH2Cl2.ClH/c1-8-9-10-25(21-11-13-22(14-12-21)27(33)34-7)31-26(32)24(19-20(2)3)30-29(31)17-15-23(16-18-29)28(4,5)6;1-6-7-8-18(21-19(22)15(4)13-14(2)3)16-9-11-17(12-10-16)20(23)24-5;1-5-6-7-17(21-18(22)16(20)12-13(2)3)14-8-10-15(11-9-14)19(23)24-4;1-3-4-5-12(14)10-6-8-11(9-7-10)13(15)16-2;1-10(2,3)8-4-6-9(11)7-5-8;1-5(2)4-6(3)7(8)9;2-1-3;/h11-14,20,23-25,30H,8-10,15-19H2,1-7H3;9-12,14-15,18H,6-8,13H2,1-5H3,(H,21,22);8-11,13,16-17H,5-7,12,20H2,1-4H3,(H,21,22);6-9,12H,3-5,14H2,1-2H3;8H,4-7H2,1-3H3;5-6H,4H2,1-3H3,(H,8,9);1H2;1H/t23?,24?,25-,29?;15?,18-;16?,17-;12-;;;;/m1111..../s1. The number of hydrogen-bond donors (Lipinski definition) is 6. The van der Waals surface area contributed by atoms with Gasteiger partial charge >= 0.3 is 29.8 Å². The summed E-state index contributed by atoms with van der Waals surface area (Å²) in [6.07, 6.45) is 23.5. The van der Waals surface area contributed by atoms with Crippen molar-refractivity contribution in [2.75, 3.05) is 33.8 Å². The number of carbonyl (C=O) groups is 9. The number of esters is 4. The first-order valence-corrected chi connectivity index (χ1v) is 45.8. The molecule has 4 unspecified atom stereocenters. The number of benzene rings is 4. The molecule has 0 radical (unpaired) electrons. The summed E-state index contributed by atoms with van der Waals surface area (Å²) in [6.45, 7) is 43.0. The minimum absolute atomic E-state index is 0. The third kappa shape index (κ3) is 42.8. The van der Waals surface area contributed by atoms with Crippen molar-refractivity contribution in [1.82, 2.24) is 20.9 Å². The van der Waals surface area contributed by atoms with Gasteiger partial charge in [0, 0.05) is 24.8 Å². The maximum Gasteiger partial charge on any atom is 0.337 e. The lowest BCUT2D eigenvalue weighted by Crippen LogP contribution is -2.56. The Bertz CT molecular complexity index is 3520. The number of ketones is 1. The van der Waals surface area contributed by atoms with Crippen molar-refractivity contribution in [3.8, 4) is 0 Å². The number of amides is 3. The monoisotopic (exact) mass is 1760 g/mol. The van der Waals surface area contributed by atoms with Crippen LogP contribution in [0.25, 0.3) is 0 Å². The van der Waals surface area contributed by atoms with Crippen molar-refractivity contribution in [3.63, 3.8) is 0 Å². The van der Waals surface area contributed by atoms with Crippen molar-refractivity contribution in [1.29, 1.82) is 0 Å². The van der Waals surface area contributed by atoms with Gasteiger partial charge in [-0.15, -0.1) is 35.6 Å². The molecule has 20 nitrogen and oxygen atoms in total. The SMILES string of the molecule is CC(C)(C)C1CCC(=O)CC1.CC(C)CC(C)C(=O)O.CCCC[C@@H](N)c1ccc(C(=O)OC)cc1.CCCC[C@@H](NC(=O)C(C)CC(C)C)c1ccc(C(=O)OC)cc1.CCCC[C@@H](NC(=O)C(N)CC(C)C)c1ccc(C(=O)OC)cc1.CCCC[C@H](c1ccc(C(=O)OC)cc1)N1C(=O)C(CC(C)C)NC12CCC(C(C)(C)C)CC2.Cl.ClCCl. The highest BCUT2D eigenvalue weighted by Crippen LogP contribution is 2.49. The number of carbonyl (C=O) groups excluding carboxylic acids is 8. The molecule has 4 aromatic rings. The van der Waals surface area contributed by atoms with Crippen molar-refractivity contribution in [2.24, 2.45) is 69.6 Å². The zero-order chi connectivity index (χ0) is 91.9. The second-order valence-electron chi connectivity index (χ2n) is 36.9. The minimum Gasteiger partial charge on any atom is -0.481 e. The van der Waals surface area contributed by atoms with Crippen LogP contribution in [0.5, 0.6) is 0 Å². The van der Waals surface area contributed by atoms with Crippen LogP contribution >= 0.6 is 35.6 Å². The number of nitrogens with two attached hydrogens (primary N) is 2. The van der Waals surface area contributed by atoms with Gasteiger partial charge in [0.05, 0.1) is 97.8 Å². The van der Waals surface area contributed by atoms with Gasteiger partial charge in [-0.05, 0) is 207 Å². The van der Waals surface area contributed by atoms with E-state index in [0.717, 1.165) is 176 Å². The first-order valence-electron chi connectivity index (χ1n) is 44.8. The van der Waals surface area contributed by atoms with E-state index < -0.39 is 12.0 Å². The third-order valence-corrected chi connectivity index (χ3v) is 22.8. The number of hydrogen-bond acceptors (Lipinski definition) is 16. The van der Waals surface area contributed by atoms with Crippen molar-refractivity contribution in [2.45, 2.75) is 334 Å². The van der Waals surface area contributed by atoms with Gasteiger partial charge in [-0.2, -0.15) is 0 Å². The molecule has 7 rings (SSSR count). The fraction of sp³-hybridized carbons (Fsp3) is 0.667. The molecule has 1 aliphatic heterocycles. The summed E-state index contributed by atoms with van der Waals surface area (Å²) in [5.41, 5.74) is 18.7. The highest BCUT2D eigenvalue weighted by molar-refractivity contribution is 6.40. The molecule has 2 saturated carbocycles. The van der Waals surface area contributed by atoms with Gasteiger partial charge in [-0.3, -0.25) is 29.3 Å². The largest absolute Gasteiger partial charge is 0.481 e. The Hall–Kier alpha value is -6.94. The van der Waals surface area contributed by atoms with E-state index in [2.05, 4.69) is 123 Å². The molecule has 23 heteroatoms. The lowest BCUT2D eigenvalue weighted by atomic mass is 9.69. The lowest BCUT2D eigenvalue weighted by Gasteiger charge is -2.49. The van der Waals surface area contributed by atoms with Crippen LogP contribution in [-0.2, 0) is 42.9 Å². The molecule has 8 atom stereocenters. The van der Waals surface area contributed by atoms with Gasteiger partial charge in [-0.25, -0.2) is 19.2 Å². The molecule has 1 heterocycles. The molecular formula is C99H161Cl3N6O14. The third-order valence-electron chi connectivity index (χ3n) is 22.8. The van der Waals surface area contributed by atoms with E-state index in [0.29, 0.717) is 69.5 Å². The van der Waals surface area contributed by atoms with Gasteiger partial charge in [0.1, 0.15) is 5.78 Å². The molecule has 1 saturated heterocycles. The molecule has 1 spiro atoms. The van der Waals surface area contributed by atoms with Crippen LogP contribution in [-0.4, -0.2) is 115 Å². The van der Waals surface area contributed by atoms with Crippen LogP contribution in [0, 0.1) is 58.2 Å². The first-order chi connectivity index (χ1) is 56.9. The predicted octanol–water partition coefficient (Wildman–Crippen LogP) is 23.2. The van der Waals surface area contributed by atoms with Crippen LogP contribution in [0.15, 0.2) is 97.1 Å². The Kier molecular flexibility index (Phi) is 57.2. The second-order valence-corrected chi connectivity index (χ2v) is 37.7. The highest BCUT2D eigenvalue weighted by Gasteiger charge is 2.55. The number of carboxylic acids is 1. The normalized spacial score (nSPS) is 17.4. The van der Waals surface area contributed by atoms with Gasteiger partial charge in [-0.1, -0.05) is 238 Å². The summed E-state index contributed by atoms with van der Waals surface area (Å²) in [7, 11) is 5.51. The Morgan fingerprint density at radius 3 is 1.14 bits per heavy atom. The fourth-order valence-corrected chi connectivity index (χ4v) is 15.7. The van der Waals surface area contributed by atoms with Crippen LogP contribution in [0.2, 0.25) is 0 Å². The summed E-state index contributed by atoms with van der Waals surface area (Å²) in [6, 6.07) is 28.8. The van der Waals surface area contributed by atoms with E-state index in [1.807, 2.05) is 95.3 Å². The molecule has 3 amide bonds. The van der Waals surface area contributed by atoms with E-state index in [1.54, 1.807) is 43.3 Å². The first kappa shape index (κ1) is 115. The molecule has 3 fully saturated rings. The van der Waals surface area contributed by atoms with Gasteiger partial charge in [0.2, 0.25) is 17.7 Å². The average molecular weight is 1770 g/mol. The maximum absolute atomic E-state index is 14.0. The number of ether oxygens (including phenoxy) is 4. The van der Waals surface area contributed by atoms with E-state index >= 15 is 0 Å². The van der Waals surface area contributed by atoms with Gasteiger partial charge < -0.3 is 51.1 Å². The summed E-state index contributed by atoms with van der Waals surface area (Å²) >= 11 is 9.53. The van der Waals surface area contributed by atoms with Crippen molar-refractivity contribution < 1.29 is 67.2 Å². The van der Waals surface area contributed by atoms with E-state index in [4.69, 9.17) is 54.0 Å². The van der Waals surface area contributed by atoms with Gasteiger partial charge in [0.15, 0.2) is 0 Å². The number of unbranched alkanes of at least 4 members (excludes halogenated alkanes) is 4. The number of carboxylic acid groups (broad SMARTS) is 1. The Morgan fingerprint density at radius 2 is 0.811 bits per heavy atom. The molecular weight excluding hydrogens is 1600 g/mol. The number of nitrogens with zero attached hydrogens (tertiary/aromatic N) is 1. The topological polar surface area (TPSA) is 302 Å². The summed E-state index contributed by atoms with van der Waals surface area (Å²) in [5.74, 6) is 1.71. The zero-order valence-electron chi connectivity index (χ0n) is 79.0. The average Bonchev–Trinajstić information content (AvgIpc) is 1.58. The fourth-order valence-electron chi connectivity index (χ4n) is 15.7. The molecule has 4 aromatic carbocycles.